The van der Waals surface area contributed by atoms with Gasteiger partial charge >= 0.3 is 0 Å². The van der Waals surface area contributed by atoms with Crippen molar-refractivity contribution >= 4 is 16.9 Å². The number of H-pyrrole nitrogens is 1. The number of piperidine rings is 1. The molecular weight excluding hydrogens is 354 g/mol. The van der Waals surface area contributed by atoms with Gasteiger partial charge in [-0.05, 0) is 37.5 Å². The Labute approximate surface area is 161 Å². The Bertz CT molecular complexity index is 1120. The average Bonchev–Trinajstić information content (AvgIpc) is 3.43. The molecule has 140 valence electrons. The van der Waals surface area contributed by atoms with Crippen molar-refractivity contribution < 1.29 is 9.32 Å². The molecule has 1 aliphatic heterocycles. The number of pyridine rings is 1. The van der Waals surface area contributed by atoms with Crippen LogP contribution in [0.1, 0.15) is 41.7 Å². The first-order valence-corrected chi connectivity index (χ1v) is 9.44. The van der Waals surface area contributed by atoms with Gasteiger partial charge in [-0.15, -0.1) is 0 Å². The number of carbonyl (C=O) groups excluding carboxylic acids is 1. The number of carbonyl (C=O) groups is 1. The highest BCUT2D eigenvalue weighted by atomic mass is 16.5. The Morgan fingerprint density at radius 1 is 1.07 bits per heavy atom. The average molecular weight is 373 g/mol. The molecule has 0 spiro atoms. The summed E-state index contributed by atoms with van der Waals surface area (Å²) in [5.41, 5.74) is 2.03. The van der Waals surface area contributed by atoms with Gasteiger partial charge in [0.25, 0.3) is 5.91 Å². The fraction of sp³-hybridized carbons (Fsp3) is 0.238. The monoisotopic (exact) mass is 373 g/mol. The Morgan fingerprint density at radius 3 is 2.86 bits per heavy atom. The number of aromatic nitrogens is 4. The van der Waals surface area contributed by atoms with Crippen LogP contribution in [0.15, 0.2) is 59.3 Å². The van der Waals surface area contributed by atoms with Gasteiger partial charge in [-0.3, -0.25) is 4.79 Å². The fourth-order valence-electron chi connectivity index (χ4n) is 3.70. The predicted molar refractivity (Wildman–Crippen MR) is 103 cm³/mol. The molecule has 0 aliphatic carbocycles. The summed E-state index contributed by atoms with van der Waals surface area (Å²) in [5.74, 6) is 0.910. The van der Waals surface area contributed by atoms with Crippen LogP contribution in [-0.2, 0) is 0 Å². The molecule has 0 radical (unpaired) electrons. The third-order valence-corrected chi connectivity index (χ3v) is 5.15. The van der Waals surface area contributed by atoms with Crippen LogP contribution in [-0.4, -0.2) is 37.5 Å². The van der Waals surface area contributed by atoms with Crippen molar-refractivity contribution in [3.05, 3.63) is 66.3 Å². The summed E-state index contributed by atoms with van der Waals surface area (Å²) in [6.45, 7) is 0.650. The van der Waals surface area contributed by atoms with Crippen LogP contribution in [0.25, 0.3) is 22.4 Å². The number of likely N-dealkylation sites (tertiary alicyclic amines) is 1. The topological polar surface area (TPSA) is 87.9 Å². The molecule has 1 atom stereocenters. The molecule has 1 aliphatic rings. The van der Waals surface area contributed by atoms with Gasteiger partial charge in [0.1, 0.15) is 17.4 Å². The molecule has 1 aromatic carbocycles. The summed E-state index contributed by atoms with van der Waals surface area (Å²) < 4.78 is 5.55. The minimum Gasteiger partial charge on any atom is -0.346 e. The summed E-state index contributed by atoms with van der Waals surface area (Å²) in [7, 11) is 0. The molecule has 1 N–H and O–H groups in total. The van der Waals surface area contributed by atoms with E-state index in [9.17, 15) is 4.79 Å². The molecule has 28 heavy (non-hydrogen) atoms. The second kappa shape index (κ2) is 6.92. The number of amides is 1. The molecule has 1 fully saturated rings. The maximum absolute atomic E-state index is 13.2. The predicted octanol–water partition coefficient (Wildman–Crippen LogP) is 3.98. The zero-order valence-electron chi connectivity index (χ0n) is 15.2. The molecule has 3 aromatic heterocycles. The summed E-state index contributed by atoms with van der Waals surface area (Å²) >= 11 is 0. The van der Waals surface area contributed by atoms with E-state index in [0.29, 0.717) is 29.6 Å². The van der Waals surface area contributed by atoms with Crippen molar-refractivity contribution in [2.45, 2.75) is 25.3 Å². The Kier molecular flexibility index (Phi) is 4.12. The van der Waals surface area contributed by atoms with Gasteiger partial charge in [-0.2, -0.15) is 4.98 Å². The first-order valence-electron chi connectivity index (χ1n) is 9.44. The molecule has 7 nitrogen and oxygen atoms in total. The summed E-state index contributed by atoms with van der Waals surface area (Å²) in [5, 5.41) is 5.10. The van der Waals surface area contributed by atoms with Gasteiger partial charge in [0.15, 0.2) is 0 Å². The third kappa shape index (κ3) is 2.94. The maximum atomic E-state index is 13.2. The van der Waals surface area contributed by atoms with Crippen molar-refractivity contribution in [1.29, 1.82) is 0 Å². The number of hydrogen-bond acceptors (Lipinski definition) is 5. The summed E-state index contributed by atoms with van der Waals surface area (Å²) in [4.78, 5) is 27.1. The standard InChI is InChI=1S/C21H19N5O2/c27-21(16-10-9-15-11-12-22-18(15)23-16)26-13-5-4-8-17(26)20-24-19(25-28-20)14-6-2-1-3-7-14/h1-3,6-7,9-12,17H,4-5,8,13H2,(H,22,23). The van der Waals surface area contributed by atoms with Gasteiger partial charge in [0.05, 0.1) is 0 Å². The first-order chi connectivity index (χ1) is 13.8. The lowest BCUT2D eigenvalue weighted by Gasteiger charge is -2.33. The van der Waals surface area contributed by atoms with Crippen molar-refractivity contribution in [3.8, 4) is 11.4 Å². The van der Waals surface area contributed by atoms with E-state index in [1.165, 1.54) is 0 Å². The smallest absolute Gasteiger partial charge is 0.273 e. The molecule has 5 rings (SSSR count). The minimum absolute atomic E-state index is 0.110. The molecule has 0 saturated carbocycles. The zero-order chi connectivity index (χ0) is 18.9. The molecule has 1 amide bonds. The van der Waals surface area contributed by atoms with Gasteiger partial charge in [-0.1, -0.05) is 35.5 Å². The van der Waals surface area contributed by atoms with Gasteiger partial charge in [0, 0.05) is 23.7 Å². The summed E-state index contributed by atoms with van der Waals surface area (Å²) in [6, 6.07) is 15.1. The summed E-state index contributed by atoms with van der Waals surface area (Å²) in [6.07, 6.45) is 4.58. The molecule has 1 saturated heterocycles. The van der Waals surface area contributed by atoms with Crippen LogP contribution >= 0.6 is 0 Å². The fourth-order valence-corrected chi connectivity index (χ4v) is 3.70. The zero-order valence-corrected chi connectivity index (χ0v) is 15.2. The van der Waals surface area contributed by atoms with Gasteiger partial charge in [0.2, 0.25) is 11.7 Å². The van der Waals surface area contributed by atoms with E-state index in [2.05, 4.69) is 20.1 Å². The van der Waals surface area contributed by atoms with E-state index >= 15 is 0 Å². The van der Waals surface area contributed by atoms with Crippen LogP contribution in [0, 0.1) is 0 Å². The minimum atomic E-state index is -0.229. The number of rotatable bonds is 3. The van der Waals surface area contributed by atoms with Crippen molar-refractivity contribution in [1.82, 2.24) is 25.0 Å². The van der Waals surface area contributed by atoms with Crippen LogP contribution in [0.5, 0.6) is 0 Å². The number of benzene rings is 1. The van der Waals surface area contributed by atoms with E-state index in [1.54, 1.807) is 6.07 Å². The van der Waals surface area contributed by atoms with Crippen LogP contribution in [0.3, 0.4) is 0 Å². The van der Waals surface area contributed by atoms with Crippen molar-refractivity contribution in [2.75, 3.05) is 6.54 Å². The van der Waals surface area contributed by atoms with E-state index < -0.39 is 0 Å². The lowest BCUT2D eigenvalue weighted by atomic mass is 10.0. The van der Waals surface area contributed by atoms with E-state index in [-0.39, 0.29) is 11.9 Å². The number of hydrogen-bond donors (Lipinski definition) is 1. The van der Waals surface area contributed by atoms with Crippen molar-refractivity contribution in [3.63, 3.8) is 0 Å². The van der Waals surface area contributed by atoms with Crippen molar-refractivity contribution in [2.24, 2.45) is 0 Å². The van der Waals surface area contributed by atoms with E-state index in [0.717, 1.165) is 30.2 Å². The molecule has 4 heterocycles. The molecule has 7 heteroatoms. The van der Waals surface area contributed by atoms with Crippen LogP contribution in [0.2, 0.25) is 0 Å². The normalized spacial score (nSPS) is 17.1. The van der Waals surface area contributed by atoms with Gasteiger partial charge in [-0.25, -0.2) is 4.98 Å². The third-order valence-electron chi connectivity index (χ3n) is 5.15. The first kappa shape index (κ1) is 16.7. The highest BCUT2D eigenvalue weighted by Crippen LogP contribution is 2.32. The molecule has 4 aromatic rings. The Hall–Kier alpha value is -3.48. The largest absolute Gasteiger partial charge is 0.346 e. The quantitative estimate of drug-likeness (QED) is 0.587. The van der Waals surface area contributed by atoms with Crippen LogP contribution < -0.4 is 0 Å². The highest BCUT2D eigenvalue weighted by molar-refractivity contribution is 5.94. The molecule has 1 unspecified atom stereocenters. The SMILES string of the molecule is O=C(c1ccc2cc[nH]c2n1)N1CCCCC1c1nc(-c2ccccc2)no1. The number of aromatic amines is 1. The maximum Gasteiger partial charge on any atom is 0.273 e. The number of fused-ring (bicyclic) bond motifs is 1. The molecular formula is C21H19N5O2. The molecule has 0 bridgehead atoms. The van der Waals surface area contributed by atoms with Crippen LogP contribution in [0.4, 0.5) is 0 Å². The second-order valence-electron chi connectivity index (χ2n) is 6.94. The lowest BCUT2D eigenvalue weighted by molar-refractivity contribution is 0.0556. The highest BCUT2D eigenvalue weighted by Gasteiger charge is 2.33. The number of nitrogens with zero attached hydrogens (tertiary/aromatic N) is 4. The lowest BCUT2D eigenvalue weighted by Crippen LogP contribution is -2.39. The Morgan fingerprint density at radius 2 is 1.96 bits per heavy atom. The second-order valence-corrected chi connectivity index (χ2v) is 6.94. The van der Waals surface area contributed by atoms with Gasteiger partial charge < -0.3 is 14.4 Å². The number of nitrogens with one attached hydrogen (secondary N) is 1. The van der Waals surface area contributed by atoms with E-state index in [4.69, 9.17) is 4.52 Å². The Balaban J connectivity index is 1.45. The van der Waals surface area contributed by atoms with E-state index in [1.807, 2.05) is 53.6 Å².